The number of rotatable bonds is 17. The van der Waals surface area contributed by atoms with Crippen molar-refractivity contribution in [1.29, 1.82) is 0 Å². The molecule has 12 aromatic rings. The van der Waals surface area contributed by atoms with Gasteiger partial charge in [-0.05, 0) is 145 Å². The predicted molar refractivity (Wildman–Crippen MR) is 328 cm³/mol. The van der Waals surface area contributed by atoms with E-state index in [-0.39, 0.29) is 0 Å². The van der Waals surface area contributed by atoms with Crippen molar-refractivity contribution in [3.8, 4) is 22.6 Å². The van der Waals surface area contributed by atoms with Crippen molar-refractivity contribution in [3.63, 3.8) is 0 Å². The Morgan fingerprint density at radius 2 is 0.564 bits per heavy atom. The van der Waals surface area contributed by atoms with Crippen LogP contribution in [0.5, 0.6) is 11.5 Å². The van der Waals surface area contributed by atoms with Crippen LogP contribution in [0.2, 0.25) is 0 Å². The highest BCUT2D eigenvalue weighted by molar-refractivity contribution is 7.99. The monoisotopic (exact) mass is 1020 g/mol. The van der Waals surface area contributed by atoms with Crippen LogP contribution in [0, 0.1) is 0 Å². The molecule has 0 bridgehead atoms. The van der Waals surface area contributed by atoms with Gasteiger partial charge in [-0.15, -0.1) is 0 Å². The summed E-state index contributed by atoms with van der Waals surface area (Å²) in [7, 11) is 0. The molecule has 0 saturated heterocycles. The lowest BCUT2D eigenvalue weighted by molar-refractivity contribution is 0.481. The lowest BCUT2D eigenvalue weighted by atomic mass is 10.0. The van der Waals surface area contributed by atoms with Gasteiger partial charge >= 0.3 is 0 Å². The van der Waals surface area contributed by atoms with Crippen molar-refractivity contribution < 1.29 is 4.74 Å². The third kappa shape index (κ3) is 11.0. The molecule has 6 heteroatoms. The van der Waals surface area contributed by atoms with Gasteiger partial charge in [0.05, 0.1) is 28.4 Å². The van der Waals surface area contributed by atoms with Gasteiger partial charge in [0, 0.05) is 61.2 Å². The van der Waals surface area contributed by atoms with Gasteiger partial charge < -0.3 is 24.3 Å². The second kappa shape index (κ2) is 23.3. The Bertz CT molecular complexity index is 3640. The first-order valence-corrected chi connectivity index (χ1v) is 27.0. The molecule has 78 heavy (non-hydrogen) atoms. The molecule has 0 N–H and O–H groups in total. The van der Waals surface area contributed by atoms with E-state index in [1.54, 1.807) is 11.8 Å². The van der Waals surface area contributed by atoms with Gasteiger partial charge in [-0.25, -0.2) is 0 Å². The largest absolute Gasteiger partial charge is 0.457 e. The van der Waals surface area contributed by atoms with Crippen LogP contribution >= 0.6 is 11.8 Å². The van der Waals surface area contributed by atoms with Crippen LogP contribution in [0.15, 0.2) is 337 Å². The summed E-state index contributed by atoms with van der Waals surface area (Å²) in [5.41, 5.74) is 14.5. The highest BCUT2D eigenvalue weighted by atomic mass is 32.2. The van der Waals surface area contributed by atoms with Crippen LogP contribution in [-0.4, -0.2) is 0 Å². The molecule has 0 spiro atoms. The van der Waals surface area contributed by atoms with E-state index in [1.165, 1.54) is 0 Å². The van der Waals surface area contributed by atoms with Gasteiger partial charge in [-0.1, -0.05) is 194 Å². The summed E-state index contributed by atoms with van der Waals surface area (Å²) in [5.74, 6) is 1.50. The molecular weight excluding hydrogens is 969 g/mol. The molecule has 0 atom stereocenters. The van der Waals surface area contributed by atoms with Crippen LogP contribution in [-0.2, 0) is 0 Å². The van der Waals surface area contributed by atoms with Crippen molar-refractivity contribution in [3.05, 3.63) is 328 Å². The summed E-state index contributed by atoms with van der Waals surface area (Å²) in [5, 5.41) is 0. The minimum Gasteiger partial charge on any atom is -0.457 e. The smallest absolute Gasteiger partial charge is 0.130 e. The maximum atomic E-state index is 6.68. The highest BCUT2D eigenvalue weighted by Crippen LogP contribution is 2.49. The van der Waals surface area contributed by atoms with E-state index >= 15 is 0 Å². The van der Waals surface area contributed by atoms with E-state index in [4.69, 9.17) is 4.74 Å². The Kier molecular flexibility index (Phi) is 14.6. The molecule has 0 aliphatic heterocycles. The number of hydrogen-bond acceptors (Lipinski definition) is 6. The second-order valence-electron chi connectivity index (χ2n) is 18.6. The first-order valence-electron chi connectivity index (χ1n) is 26.1. The Balaban J connectivity index is 1.06. The van der Waals surface area contributed by atoms with E-state index in [0.29, 0.717) is 0 Å². The van der Waals surface area contributed by atoms with Crippen molar-refractivity contribution >= 4 is 80.0 Å². The molecular formula is C72H54N4OS. The average Bonchev–Trinajstić information content (AvgIpc) is 3.58. The molecule has 0 aliphatic rings. The predicted octanol–water partition coefficient (Wildman–Crippen LogP) is 21.2. The molecule has 374 valence electrons. The third-order valence-electron chi connectivity index (χ3n) is 13.4. The molecule has 12 aromatic carbocycles. The van der Waals surface area contributed by atoms with Gasteiger partial charge in [0.1, 0.15) is 11.5 Å². The topological polar surface area (TPSA) is 22.2 Å². The minimum absolute atomic E-state index is 0.736. The number of benzene rings is 12. The molecule has 0 radical (unpaired) electrons. The maximum absolute atomic E-state index is 6.68. The molecule has 0 saturated carbocycles. The van der Waals surface area contributed by atoms with Crippen LogP contribution < -0.4 is 24.3 Å². The lowest BCUT2D eigenvalue weighted by Crippen LogP contribution is -2.16. The fourth-order valence-electron chi connectivity index (χ4n) is 9.98. The third-order valence-corrected chi connectivity index (χ3v) is 14.4. The normalized spacial score (nSPS) is 10.9. The Hall–Kier alpha value is -10.0. The fourth-order valence-corrected chi connectivity index (χ4v) is 10.9. The van der Waals surface area contributed by atoms with Gasteiger partial charge in [0.15, 0.2) is 0 Å². The summed E-state index contributed by atoms with van der Waals surface area (Å²) in [6, 6.07) is 115. The number of hydrogen-bond donors (Lipinski definition) is 0. The van der Waals surface area contributed by atoms with Crippen molar-refractivity contribution in [2.24, 2.45) is 0 Å². The first-order chi connectivity index (χ1) is 38.7. The maximum Gasteiger partial charge on any atom is 0.130 e. The summed E-state index contributed by atoms with van der Waals surface area (Å²) >= 11 is 1.71. The molecule has 0 aliphatic carbocycles. The number of anilines is 12. The van der Waals surface area contributed by atoms with E-state index in [9.17, 15) is 0 Å². The fraction of sp³-hybridized carbons (Fsp3) is 0. The minimum atomic E-state index is 0.736. The van der Waals surface area contributed by atoms with E-state index in [0.717, 1.165) is 101 Å². The average molecular weight is 1020 g/mol. The van der Waals surface area contributed by atoms with Crippen LogP contribution in [0.4, 0.5) is 68.2 Å². The van der Waals surface area contributed by atoms with Crippen molar-refractivity contribution in [1.82, 2.24) is 0 Å². The second-order valence-corrected chi connectivity index (χ2v) is 19.8. The molecule has 0 amide bonds. The first kappa shape index (κ1) is 48.9. The number of nitrogens with zero attached hydrogens (tertiary/aromatic N) is 4. The van der Waals surface area contributed by atoms with Gasteiger partial charge in [-0.2, -0.15) is 0 Å². The number of para-hydroxylation sites is 8. The quantitative estimate of drug-likeness (QED) is 0.0900. The summed E-state index contributed by atoms with van der Waals surface area (Å²) in [6.45, 7) is 0. The lowest BCUT2D eigenvalue weighted by Gasteiger charge is -2.33. The van der Waals surface area contributed by atoms with Crippen molar-refractivity contribution in [2.75, 3.05) is 19.6 Å². The van der Waals surface area contributed by atoms with E-state index < -0.39 is 0 Å². The molecule has 0 aromatic heterocycles. The Morgan fingerprint density at radius 3 is 1.01 bits per heavy atom. The Morgan fingerprint density at radius 1 is 0.218 bits per heavy atom. The van der Waals surface area contributed by atoms with Crippen LogP contribution in [0.1, 0.15) is 0 Å². The van der Waals surface area contributed by atoms with Gasteiger partial charge in [-0.3, -0.25) is 0 Å². The van der Waals surface area contributed by atoms with Crippen LogP contribution in [0.3, 0.4) is 0 Å². The van der Waals surface area contributed by atoms with Gasteiger partial charge in [0.2, 0.25) is 0 Å². The summed E-state index contributed by atoms with van der Waals surface area (Å²) < 4.78 is 6.68. The molecule has 0 heterocycles. The molecule has 0 unspecified atom stereocenters. The zero-order valence-electron chi connectivity index (χ0n) is 42.8. The summed E-state index contributed by atoms with van der Waals surface area (Å²) in [6.07, 6.45) is 0. The molecule has 12 rings (SSSR count). The van der Waals surface area contributed by atoms with Crippen molar-refractivity contribution in [2.45, 2.75) is 9.79 Å². The number of ether oxygens (including phenoxy) is 1. The molecule has 5 nitrogen and oxygen atoms in total. The van der Waals surface area contributed by atoms with Gasteiger partial charge in [0.25, 0.3) is 0 Å². The SMILES string of the molecule is c1ccc(Oc2cc(Sc3cccc(N(c4cc(N(c5ccccc5)c5ccccc5)cc(N(c5ccccc5)c5ccccc5)c4)c4ccccc4-c4ccccc4)c3)cc(N(c3ccccc3)c3ccccc3)c2)cc1. The van der Waals surface area contributed by atoms with Crippen LogP contribution in [0.25, 0.3) is 11.1 Å². The zero-order chi connectivity index (χ0) is 52.3. The standard InChI is InChI=1S/C72H54N4OS/c1-9-28-55(29-10-1)71-46-25-26-47-72(71)76(65-49-63(73(56-30-11-2-12-31-56)57-32-13-3-14-33-57)48-64(50-65)74(58-34-15-4-16-35-58)59-36-17-5-18-37-59)62-42-27-45-69(52-62)78-70-53-66(51-68(54-70)77-67-43-23-8-24-44-67)75(60-38-19-6-20-39-60)61-40-21-7-22-41-61/h1-54H. The summed E-state index contributed by atoms with van der Waals surface area (Å²) in [4.78, 5) is 11.5. The Labute approximate surface area is 461 Å². The highest BCUT2D eigenvalue weighted by Gasteiger charge is 2.24. The van der Waals surface area contributed by atoms with E-state index in [1.807, 2.05) is 30.3 Å². The van der Waals surface area contributed by atoms with E-state index in [2.05, 4.69) is 317 Å². The molecule has 0 fully saturated rings. The zero-order valence-corrected chi connectivity index (χ0v) is 43.6.